The van der Waals surface area contributed by atoms with Crippen LogP contribution in [0.4, 0.5) is 0 Å². The van der Waals surface area contributed by atoms with E-state index in [-0.39, 0.29) is 0 Å². The molecule has 0 bridgehead atoms. The van der Waals surface area contributed by atoms with Crippen LogP contribution in [0.15, 0.2) is 18.2 Å². The molecule has 1 aliphatic carbocycles. The second-order valence-electron chi connectivity index (χ2n) is 4.61. The first-order valence-electron chi connectivity index (χ1n) is 6.39. The van der Waals surface area contributed by atoms with Gasteiger partial charge in [-0.05, 0) is 30.9 Å². The third-order valence-corrected chi connectivity index (χ3v) is 3.42. The third-order valence-electron chi connectivity index (χ3n) is 3.42. The SMILES string of the molecule is COc1ccc(CONCC2CCC2)c(OC)c1. The Labute approximate surface area is 108 Å². The predicted molar refractivity (Wildman–Crippen MR) is 69.7 cm³/mol. The molecule has 0 heterocycles. The van der Waals surface area contributed by atoms with Gasteiger partial charge in [0.15, 0.2) is 0 Å². The van der Waals surface area contributed by atoms with E-state index in [1.54, 1.807) is 14.2 Å². The molecule has 1 saturated carbocycles. The van der Waals surface area contributed by atoms with Gasteiger partial charge in [-0.2, -0.15) is 0 Å². The zero-order chi connectivity index (χ0) is 12.8. The van der Waals surface area contributed by atoms with Crippen molar-refractivity contribution in [1.82, 2.24) is 5.48 Å². The van der Waals surface area contributed by atoms with Crippen molar-refractivity contribution in [3.05, 3.63) is 23.8 Å². The first-order valence-corrected chi connectivity index (χ1v) is 6.39. The molecule has 4 nitrogen and oxygen atoms in total. The van der Waals surface area contributed by atoms with Gasteiger partial charge in [-0.25, -0.2) is 5.48 Å². The fourth-order valence-electron chi connectivity index (χ4n) is 1.97. The van der Waals surface area contributed by atoms with E-state index in [0.717, 1.165) is 29.5 Å². The van der Waals surface area contributed by atoms with E-state index < -0.39 is 0 Å². The minimum absolute atomic E-state index is 0.500. The number of ether oxygens (including phenoxy) is 2. The molecule has 0 amide bonds. The van der Waals surface area contributed by atoms with Crippen LogP contribution in [0, 0.1) is 5.92 Å². The van der Waals surface area contributed by atoms with Crippen molar-refractivity contribution in [3.8, 4) is 11.5 Å². The van der Waals surface area contributed by atoms with E-state index >= 15 is 0 Å². The molecule has 0 spiro atoms. The maximum absolute atomic E-state index is 5.47. The largest absolute Gasteiger partial charge is 0.497 e. The minimum atomic E-state index is 0.500. The molecule has 0 radical (unpaired) electrons. The summed E-state index contributed by atoms with van der Waals surface area (Å²) in [6.07, 6.45) is 4.00. The van der Waals surface area contributed by atoms with Crippen LogP contribution in [0.1, 0.15) is 24.8 Å². The van der Waals surface area contributed by atoms with E-state index in [1.807, 2.05) is 18.2 Å². The Morgan fingerprint density at radius 3 is 2.67 bits per heavy atom. The molecular weight excluding hydrogens is 230 g/mol. The lowest BCUT2D eigenvalue weighted by Gasteiger charge is -2.25. The van der Waals surface area contributed by atoms with Gasteiger partial charge in [0.1, 0.15) is 11.5 Å². The highest BCUT2D eigenvalue weighted by atomic mass is 16.6. The monoisotopic (exact) mass is 251 g/mol. The number of nitrogens with one attached hydrogen (secondary N) is 1. The van der Waals surface area contributed by atoms with Gasteiger partial charge < -0.3 is 9.47 Å². The van der Waals surface area contributed by atoms with Crippen LogP contribution < -0.4 is 15.0 Å². The summed E-state index contributed by atoms with van der Waals surface area (Å²) in [5.74, 6) is 2.38. The van der Waals surface area contributed by atoms with Crippen LogP contribution >= 0.6 is 0 Å². The van der Waals surface area contributed by atoms with Crippen molar-refractivity contribution in [3.63, 3.8) is 0 Å². The summed E-state index contributed by atoms with van der Waals surface area (Å²) in [5, 5.41) is 0. The molecule has 0 aliphatic heterocycles. The fraction of sp³-hybridized carbons (Fsp3) is 0.571. The van der Waals surface area contributed by atoms with Crippen LogP contribution in [0.5, 0.6) is 11.5 Å². The van der Waals surface area contributed by atoms with E-state index in [9.17, 15) is 0 Å². The smallest absolute Gasteiger partial charge is 0.128 e. The van der Waals surface area contributed by atoms with Gasteiger partial charge in [-0.15, -0.1) is 0 Å². The molecular formula is C14H21NO3. The maximum atomic E-state index is 5.47. The highest BCUT2D eigenvalue weighted by molar-refractivity contribution is 5.40. The second kappa shape index (κ2) is 6.61. The van der Waals surface area contributed by atoms with Crippen LogP contribution in [-0.4, -0.2) is 20.8 Å². The van der Waals surface area contributed by atoms with Gasteiger partial charge >= 0.3 is 0 Å². The van der Waals surface area contributed by atoms with Crippen molar-refractivity contribution in [2.24, 2.45) is 5.92 Å². The molecule has 1 aromatic rings. The zero-order valence-corrected chi connectivity index (χ0v) is 11.1. The highest BCUT2D eigenvalue weighted by Crippen LogP contribution is 2.26. The van der Waals surface area contributed by atoms with Crippen LogP contribution in [0.3, 0.4) is 0 Å². The van der Waals surface area contributed by atoms with Gasteiger partial charge in [0.2, 0.25) is 0 Å². The Morgan fingerprint density at radius 1 is 1.22 bits per heavy atom. The molecule has 2 rings (SSSR count). The van der Waals surface area contributed by atoms with Crippen LogP contribution in [0.25, 0.3) is 0 Å². The Morgan fingerprint density at radius 2 is 2.06 bits per heavy atom. The summed E-state index contributed by atoms with van der Waals surface area (Å²) in [6, 6.07) is 5.74. The third kappa shape index (κ3) is 3.37. The molecule has 0 saturated heterocycles. The number of methoxy groups -OCH3 is 2. The van der Waals surface area contributed by atoms with Gasteiger partial charge in [0.25, 0.3) is 0 Å². The van der Waals surface area contributed by atoms with Crippen molar-refractivity contribution >= 4 is 0 Å². The van der Waals surface area contributed by atoms with E-state index in [0.29, 0.717) is 6.61 Å². The standard InChI is InChI=1S/C14H21NO3/c1-16-13-7-6-12(14(8-13)17-2)10-18-15-9-11-4-3-5-11/h6-8,11,15H,3-5,9-10H2,1-2H3. The fourth-order valence-corrected chi connectivity index (χ4v) is 1.97. The lowest BCUT2D eigenvalue weighted by molar-refractivity contribution is 0.0115. The second-order valence-corrected chi connectivity index (χ2v) is 4.61. The summed E-state index contributed by atoms with van der Waals surface area (Å²) < 4.78 is 10.5. The molecule has 0 aromatic heterocycles. The maximum Gasteiger partial charge on any atom is 0.128 e. The van der Waals surface area contributed by atoms with Gasteiger partial charge in [-0.1, -0.05) is 6.42 Å². The Balaban J connectivity index is 1.80. The summed E-state index contributed by atoms with van der Waals surface area (Å²) in [7, 11) is 3.30. The number of rotatable bonds is 7. The molecule has 1 fully saturated rings. The Kier molecular flexibility index (Phi) is 4.84. The number of hydroxylamine groups is 1. The molecule has 1 aromatic carbocycles. The predicted octanol–water partition coefficient (Wildman–Crippen LogP) is 2.53. The number of hydrogen-bond donors (Lipinski definition) is 1. The van der Waals surface area contributed by atoms with Crippen molar-refractivity contribution in [2.75, 3.05) is 20.8 Å². The molecule has 18 heavy (non-hydrogen) atoms. The van der Waals surface area contributed by atoms with E-state index in [4.69, 9.17) is 14.3 Å². The molecule has 4 heteroatoms. The average molecular weight is 251 g/mol. The highest BCUT2D eigenvalue weighted by Gasteiger charge is 2.16. The molecule has 100 valence electrons. The minimum Gasteiger partial charge on any atom is -0.497 e. The quantitative estimate of drug-likeness (QED) is 0.597. The molecule has 1 N–H and O–H groups in total. The van der Waals surface area contributed by atoms with Gasteiger partial charge in [0, 0.05) is 18.2 Å². The lowest BCUT2D eigenvalue weighted by atomic mass is 9.86. The van der Waals surface area contributed by atoms with Gasteiger partial charge in [0.05, 0.1) is 20.8 Å². The molecule has 1 aliphatic rings. The van der Waals surface area contributed by atoms with Gasteiger partial charge in [-0.3, -0.25) is 4.84 Å². The van der Waals surface area contributed by atoms with E-state index in [2.05, 4.69) is 5.48 Å². The van der Waals surface area contributed by atoms with Crippen LogP contribution in [0.2, 0.25) is 0 Å². The Hall–Kier alpha value is -1.26. The topological polar surface area (TPSA) is 39.7 Å². The Bertz CT molecular complexity index is 377. The van der Waals surface area contributed by atoms with Crippen molar-refractivity contribution < 1.29 is 14.3 Å². The summed E-state index contributed by atoms with van der Waals surface area (Å²) in [5.41, 5.74) is 4.04. The first-order chi connectivity index (χ1) is 8.83. The van der Waals surface area contributed by atoms with E-state index in [1.165, 1.54) is 19.3 Å². The lowest BCUT2D eigenvalue weighted by Crippen LogP contribution is -2.27. The average Bonchev–Trinajstić information content (AvgIpc) is 2.36. The van der Waals surface area contributed by atoms with Crippen molar-refractivity contribution in [1.29, 1.82) is 0 Å². The number of hydrogen-bond acceptors (Lipinski definition) is 4. The molecule has 0 atom stereocenters. The van der Waals surface area contributed by atoms with Crippen LogP contribution in [-0.2, 0) is 11.4 Å². The normalized spacial score (nSPS) is 15.2. The zero-order valence-electron chi connectivity index (χ0n) is 11.1. The van der Waals surface area contributed by atoms with Crippen molar-refractivity contribution in [2.45, 2.75) is 25.9 Å². The summed E-state index contributed by atoms with van der Waals surface area (Å²) in [6.45, 7) is 1.44. The number of benzene rings is 1. The summed E-state index contributed by atoms with van der Waals surface area (Å²) in [4.78, 5) is 5.47. The first kappa shape index (κ1) is 13.2. The molecule has 0 unspecified atom stereocenters. The summed E-state index contributed by atoms with van der Waals surface area (Å²) >= 11 is 0.